The van der Waals surface area contributed by atoms with E-state index in [9.17, 15) is 14.4 Å². The van der Waals surface area contributed by atoms with Gasteiger partial charge in [-0.25, -0.2) is 4.79 Å². The van der Waals surface area contributed by atoms with Gasteiger partial charge in [0.1, 0.15) is 11.7 Å². The fraction of sp³-hybridized carbons (Fsp3) is 0.462. The summed E-state index contributed by atoms with van der Waals surface area (Å²) in [5.41, 5.74) is -0.0598. The maximum absolute atomic E-state index is 12.4. The van der Waals surface area contributed by atoms with Crippen LogP contribution < -0.4 is 5.56 Å². The van der Waals surface area contributed by atoms with Crippen LogP contribution in [0.2, 0.25) is 0 Å². The highest BCUT2D eigenvalue weighted by Gasteiger charge is 2.33. The van der Waals surface area contributed by atoms with Crippen LogP contribution in [0.3, 0.4) is 0 Å². The summed E-state index contributed by atoms with van der Waals surface area (Å²) in [7, 11) is 1.51. The molecule has 0 saturated carbocycles. The first kappa shape index (κ1) is 13.3. The number of aliphatic carboxylic acids is 1. The van der Waals surface area contributed by atoms with Crippen LogP contribution in [0.5, 0.6) is 0 Å². The summed E-state index contributed by atoms with van der Waals surface area (Å²) in [4.78, 5) is 36.4. The van der Waals surface area contributed by atoms with Crippen LogP contribution in [-0.2, 0) is 11.8 Å². The van der Waals surface area contributed by atoms with Gasteiger partial charge in [0.15, 0.2) is 0 Å². The molecule has 1 aliphatic rings. The molecule has 0 radical (unpaired) electrons. The molecule has 2 heterocycles. The van der Waals surface area contributed by atoms with Gasteiger partial charge in [0.05, 0.1) is 0 Å². The van der Waals surface area contributed by atoms with Gasteiger partial charge in [0.25, 0.3) is 11.5 Å². The molecule has 1 aliphatic heterocycles. The summed E-state index contributed by atoms with van der Waals surface area (Å²) < 4.78 is 1.25. The van der Waals surface area contributed by atoms with E-state index < -0.39 is 17.9 Å². The zero-order valence-electron chi connectivity index (χ0n) is 10.7. The molecule has 2 rings (SSSR count). The number of rotatable bonds is 2. The predicted octanol–water partition coefficient (Wildman–Crippen LogP) is 0.465. The molecule has 1 N–H and O–H groups in total. The van der Waals surface area contributed by atoms with Crippen molar-refractivity contribution in [1.82, 2.24) is 9.47 Å². The molecule has 1 fully saturated rings. The third kappa shape index (κ3) is 2.52. The molecule has 1 atom stereocenters. The lowest BCUT2D eigenvalue weighted by Crippen LogP contribution is -2.49. The average molecular weight is 264 g/mol. The van der Waals surface area contributed by atoms with E-state index in [1.54, 1.807) is 0 Å². The van der Waals surface area contributed by atoms with Crippen molar-refractivity contribution in [2.45, 2.75) is 25.3 Å². The van der Waals surface area contributed by atoms with Gasteiger partial charge in [0.2, 0.25) is 0 Å². The minimum Gasteiger partial charge on any atom is -0.480 e. The summed E-state index contributed by atoms with van der Waals surface area (Å²) in [6.45, 7) is 0.416. The molecule has 0 bridgehead atoms. The third-order valence-corrected chi connectivity index (χ3v) is 3.45. The normalized spacial score (nSPS) is 19.2. The van der Waals surface area contributed by atoms with Crippen molar-refractivity contribution in [2.75, 3.05) is 6.54 Å². The maximum Gasteiger partial charge on any atom is 0.326 e. The molecular weight excluding hydrogens is 248 g/mol. The Morgan fingerprint density at radius 1 is 1.32 bits per heavy atom. The monoisotopic (exact) mass is 264 g/mol. The number of hydrogen-bond acceptors (Lipinski definition) is 3. The Kier molecular flexibility index (Phi) is 3.69. The summed E-state index contributed by atoms with van der Waals surface area (Å²) >= 11 is 0. The van der Waals surface area contributed by atoms with Gasteiger partial charge in [-0.2, -0.15) is 0 Å². The topological polar surface area (TPSA) is 79.6 Å². The van der Waals surface area contributed by atoms with Crippen LogP contribution in [0.25, 0.3) is 0 Å². The van der Waals surface area contributed by atoms with Crippen molar-refractivity contribution in [3.63, 3.8) is 0 Å². The number of aromatic nitrogens is 1. The molecule has 1 saturated heterocycles. The predicted molar refractivity (Wildman–Crippen MR) is 68.0 cm³/mol. The fourth-order valence-electron chi connectivity index (χ4n) is 2.36. The molecule has 1 unspecified atom stereocenters. The van der Waals surface area contributed by atoms with Crippen molar-refractivity contribution < 1.29 is 14.7 Å². The Bertz CT molecular complexity index is 564. The second kappa shape index (κ2) is 5.26. The molecular formula is C13H16N2O4. The summed E-state index contributed by atoms with van der Waals surface area (Å²) in [5.74, 6) is -1.39. The molecule has 19 heavy (non-hydrogen) atoms. The lowest BCUT2D eigenvalue weighted by molar-refractivity contribution is -0.143. The van der Waals surface area contributed by atoms with Gasteiger partial charge in [-0.15, -0.1) is 0 Å². The van der Waals surface area contributed by atoms with Gasteiger partial charge < -0.3 is 14.6 Å². The Hall–Kier alpha value is -2.11. The Morgan fingerprint density at radius 2 is 2.05 bits per heavy atom. The number of pyridine rings is 1. The highest BCUT2D eigenvalue weighted by Crippen LogP contribution is 2.19. The number of carboxylic acid groups (broad SMARTS) is 1. The van der Waals surface area contributed by atoms with E-state index in [2.05, 4.69) is 0 Å². The summed E-state index contributed by atoms with van der Waals surface area (Å²) in [6, 6.07) is 3.62. The second-order valence-corrected chi connectivity index (χ2v) is 4.66. The van der Waals surface area contributed by atoms with Crippen LogP contribution in [0, 0.1) is 0 Å². The first-order valence-corrected chi connectivity index (χ1v) is 6.22. The van der Waals surface area contributed by atoms with E-state index in [1.807, 2.05) is 0 Å². The van der Waals surface area contributed by atoms with Gasteiger partial charge >= 0.3 is 5.97 Å². The van der Waals surface area contributed by atoms with E-state index in [0.29, 0.717) is 13.0 Å². The van der Waals surface area contributed by atoms with E-state index >= 15 is 0 Å². The van der Waals surface area contributed by atoms with Crippen molar-refractivity contribution in [1.29, 1.82) is 0 Å². The van der Waals surface area contributed by atoms with Crippen molar-refractivity contribution in [3.05, 3.63) is 34.2 Å². The summed E-state index contributed by atoms with van der Waals surface area (Å²) in [6.07, 6.45) is 2.05. The lowest BCUT2D eigenvalue weighted by Gasteiger charge is -2.33. The molecule has 1 aromatic rings. The first-order valence-electron chi connectivity index (χ1n) is 6.22. The molecule has 102 valence electrons. The Labute approximate surface area is 110 Å². The van der Waals surface area contributed by atoms with Gasteiger partial charge in [-0.3, -0.25) is 9.59 Å². The van der Waals surface area contributed by atoms with Crippen LogP contribution in [0.15, 0.2) is 23.0 Å². The number of carboxylic acids is 1. The Balaban J connectivity index is 2.34. The minimum atomic E-state index is -0.992. The number of hydrogen-bond donors (Lipinski definition) is 1. The highest BCUT2D eigenvalue weighted by atomic mass is 16.4. The molecule has 6 heteroatoms. The molecule has 0 aliphatic carbocycles. The maximum atomic E-state index is 12.4. The largest absolute Gasteiger partial charge is 0.480 e. The lowest BCUT2D eigenvalue weighted by atomic mass is 10.0. The van der Waals surface area contributed by atoms with Crippen molar-refractivity contribution >= 4 is 11.9 Å². The molecule has 1 aromatic heterocycles. The number of amides is 1. The number of likely N-dealkylation sites (tertiary alicyclic amines) is 1. The number of carbonyl (C=O) groups is 2. The zero-order valence-corrected chi connectivity index (χ0v) is 10.7. The molecule has 0 aromatic carbocycles. The zero-order chi connectivity index (χ0) is 14.0. The van der Waals surface area contributed by atoms with E-state index in [-0.39, 0.29) is 11.3 Å². The molecule has 6 nitrogen and oxygen atoms in total. The standard InChI is InChI=1S/C13H16N2O4/c1-14-9(6-4-7-11(14)16)12(17)15-8-3-2-5-10(15)13(18)19/h4,6-7,10H,2-3,5,8H2,1H3,(H,18,19). The van der Waals surface area contributed by atoms with Gasteiger partial charge in [-0.1, -0.05) is 6.07 Å². The fourth-order valence-corrected chi connectivity index (χ4v) is 2.36. The number of carbonyl (C=O) groups excluding carboxylic acids is 1. The summed E-state index contributed by atoms with van der Waals surface area (Å²) in [5, 5.41) is 9.17. The van der Waals surface area contributed by atoms with Gasteiger partial charge in [0, 0.05) is 19.7 Å². The molecule has 0 spiro atoms. The van der Waals surface area contributed by atoms with Crippen molar-refractivity contribution in [3.8, 4) is 0 Å². The van der Waals surface area contributed by atoms with Crippen LogP contribution in [0.4, 0.5) is 0 Å². The van der Waals surface area contributed by atoms with E-state index in [0.717, 1.165) is 12.8 Å². The third-order valence-electron chi connectivity index (χ3n) is 3.45. The highest BCUT2D eigenvalue weighted by molar-refractivity contribution is 5.95. The van der Waals surface area contributed by atoms with Crippen molar-refractivity contribution in [2.24, 2.45) is 7.05 Å². The van der Waals surface area contributed by atoms with Crippen LogP contribution in [-0.4, -0.2) is 39.0 Å². The molecule has 1 amide bonds. The van der Waals surface area contributed by atoms with E-state index in [4.69, 9.17) is 5.11 Å². The minimum absolute atomic E-state index is 0.223. The number of piperidine rings is 1. The Morgan fingerprint density at radius 3 is 2.74 bits per heavy atom. The average Bonchev–Trinajstić information content (AvgIpc) is 2.41. The number of nitrogens with zero attached hydrogens (tertiary/aromatic N) is 2. The second-order valence-electron chi connectivity index (χ2n) is 4.66. The van der Waals surface area contributed by atoms with Crippen LogP contribution in [0.1, 0.15) is 29.8 Å². The quantitative estimate of drug-likeness (QED) is 0.841. The first-order chi connectivity index (χ1) is 9.02. The smallest absolute Gasteiger partial charge is 0.326 e. The van der Waals surface area contributed by atoms with Gasteiger partial charge in [-0.05, 0) is 25.3 Å². The van der Waals surface area contributed by atoms with Crippen LogP contribution >= 0.6 is 0 Å². The SMILES string of the molecule is Cn1c(C(=O)N2CCCCC2C(=O)O)cccc1=O. The van der Waals surface area contributed by atoms with E-state index in [1.165, 1.54) is 34.7 Å².